The molecule has 0 saturated heterocycles. The number of ether oxygens (including phenoxy) is 2. The predicted molar refractivity (Wildman–Crippen MR) is 109 cm³/mol. The van der Waals surface area contributed by atoms with E-state index in [1.165, 1.54) is 13.2 Å². The number of aromatic nitrogens is 1. The van der Waals surface area contributed by atoms with Crippen molar-refractivity contribution < 1.29 is 27.8 Å². The maximum atomic E-state index is 14.0. The minimum Gasteiger partial charge on any atom is -0.469 e. The summed E-state index contributed by atoms with van der Waals surface area (Å²) in [6.07, 6.45) is 0.472. The number of halogens is 3. The Balaban J connectivity index is 2.42. The third-order valence-corrected chi connectivity index (χ3v) is 6.09. The number of esters is 2. The molecule has 0 aliphatic heterocycles. The van der Waals surface area contributed by atoms with E-state index < -0.39 is 29.0 Å². The highest BCUT2D eigenvalue weighted by molar-refractivity contribution is 9.11. The molecule has 2 rings (SSSR count). The number of nitrogens with zero attached hydrogens (tertiary/aromatic N) is 1. The van der Waals surface area contributed by atoms with E-state index in [1.807, 2.05) is 0 Å². The average molecular weight is 491 g/mol. The van der Waals surface area contributed by atoms with E-state index in [-0.39, 0.29) is 25.1 Å². The molecule has 1 aromatic heterocycles. The lowest BCUT2D eigenvalue weighted by atomic mass is 9.78. The highest BCUT2D eigenvalue weighted by Crippen LogP contribution is 2.43. The second kappa shape index (κ2) is 10.1. The van der Waals surface area contributed by atoms with Crippen molar-refractivity contribution >= 4 is 50.0 Å². The van der Waals surface area contributed by atoms with E-state index in [0.29, 0.717) is 21.0 Å². The lowest BCUT2D eigenvalue weighted by molar-refractivity contribution is -0.151. The molecule has 0 spiro atoms. The van der Waals surface area contributed by atoms with E-state index >= 15 is 0 Å². The van der Waals surface area contributed by atoms with Crippen LogP contribution in [-0.4, -0.2) is 30.6 Å². The first-order valence-corrected chi connectivity index (χ1v) is 10.5. The fourth-order valence-corrected chi connectivity index (χ4v) is 4.58. The summed E-state index contributed by atoms with van der Waals surface area (Å²) in [7, 11) is 1.28. The van der Waals surface area contributed by atoms with Crippen LogP contribution in [0.4, 0.5) is 19.6 Å². The molecular weight excluding hydrogens is 470 g/mol. The van der Waals surface area contributed by atoms with Crippen LogP contribution in [0.1, 0.15) is 38.8 Å². The molecule has 0 saturated carbocycles. The summed E-state index contributed by atoms with van der Waals surface area (Å²) in [5.74, 6) is -2.41. The number of rotatable bonds is 9. The van der Waals surface area contributed by atoms with Crippen LogP contribution in [0, 0.1) is 11.6 Å². The van der Waals surface area contributed by atoms with Gasteiger partial charge in [-0.2, -0.15) is 0 Å². The molecular formula is C19H21BrF2N2O4S. The Morgan fingerprint density at radius 2 is 2.03 bits per heavy atom. The van der Waals surface area contributed by atoms with Gasteiger partial charge in [0.05, 0.1) is 28.9 Å². The maximum Gasteiger partial charge on any atom is 0.318 e. The first kappa shape index (κ1) is 23.2. The average Bonchev–Trinajstić information content (AvgIpc) is 3.05. The number of hydrogen-bond donors (Lipinski definition) is 1. The van der Waals surface area contributed by atoms with Crippen molar-refractivity contribution in [1.29, 1.82) is 0 Å². The van der Waals surface area contributed by atoms with Gasteiger partial charge in [-0.1, -0.05) is 18.3 Å². The molecule has 0 aliphatic rings. The van der Waals surface area contributed by atoms with Crippen molar-refractivity contribution in [3.63, 3.8) is 0 Å². The van der Waals surface area contributed by atoms with Gasteiger partial charge in [0.1, 0.15) is 17.0 Å². The standard InChI is InChI=1S/C19H21BrF2N2O4S/c1-4-19(17(26)28-5-2,9-8-14(25)27-3)15-16(20)29-18(24-15)23-13-7-6-11(21)10-12(13)22/h6-7,10H,4-5,8-9H2,1-3H3,(H,23,24). The molecule has 0 aliphatic carbocycles. The van der Waals surface area contributed by atoms with E-state index in [0.717, 1.165) is 23.5 Å². The lowest BCUT2D eigenvalue weighted by Gasteiger charge is -2.28. The Labute approximate surface area is 179 Å². The second-order valence-electron chi connectivity index (χ2n) is 6.12. The summed E-state index contributed by atoms with van der Waals surface area (Å²) in [5.41, 5.74) is -0.745. The molecule has 2 aromatic rings. The van der Waals surface area contributed by atoms with Gasteiger partial charge >= 0.3 is 11.9 Å². The number of carbonyl (C=O) groups is 2. The molecule has 10 heteroatoms. The highest BCUT2D eigenvalue weighted by atomic mass is 79.9. The van der Waals surface area contributed by atoms with Gasteiger partial charge in [0.2, 0.25) is 0 Å². The number of carbonyl (C=O) groups excluding carboxylic acids is 2. The van der Waals surface area contributed by atoms with Crippen molar-refractivity contribution in [3.8, 4) is 0 Å². The zero-order chi connectivity index (χ0) is 21.6. The van der Waals surface area contributed by atoms with E-state index in [2.05, 4.69) is 26.2 Å². The third-order valence-electron chi connectivity index (χ3n) is 4.47. The lowest BCUT2D eigenvalue weighted by Crippen LogP contribution is -2.38. The fraction of sp³-hybridized carbons (Fsp3) is 0.421. The molecule has 158 valence electrons. The Hall–Kier alpha value is -2.07. The van der Waals surface area contributed by atoms with Gasteiger partial charge in [0, 0.05) is 12.5 Å². The van der Waals surface area contributed by atoms with Crippen molar-refractivity contribution in [2.45, 2.75) is 38.5 Å². The Bertz CT molecular complexity index is 893. The van der Waals surface area contributed by atoms with E-state index in [4.69, 9.17) is 9.47 Å². The summed E-state index contributed by atoms with van der Waals surface area (Å²) >= 11 is 4.57. The normalized spacial score (nSPS) is 12.9. The third kappa shape index (κ3) is 5.30. The van der Waals surface area contributed by atoms with Crippen molar-refractivity contribution in [1.82, 2.24) is 4.98 Å². The fourth-order valence-electron chi connectivity index (χ4n) is 2.85. The number of thiazole rings is 1. The number of hydrogen-bond acceptors (Lipinski definition) is 7. The monoisotopic (exact) mass is 490 g/mol. The minimum absolute atomic E-state index is 0.00245. The van der Waals surface area contributed by atoms with Crippen LogP contribution >= 0.6 is 27.3 Å². The maximum absolute atomic E-state index is 14.0. The second-order valence-corrected chi connectivity index (χ2v) is 8.44. The van der Waals surface area contributed by atoms with Crippen LogP contribution < -0.4 is 5.32 Å². The Kier molecular flexibility index (Phi) is 8.09. The predicted octanol–water partition coefficient (Wildman–Crippen LogP) is 5.09. The van der Waals surface area contributed by atoms with Gasteiger partial charge in [-0.05, 0) is 47.8 Å². The molecule has 0 fully saturated rings. The van der Waals surface area contributed by atoms with Gasteiger partial charge < -0.3 is 14.8 Å². The zero-order valence-corrected chi connectivity index (χ0v) is 18.6. The van der Waals surface area contributed by atoms with Gasteiger partial charge in [-0.25, -0.2) is 13.8 Å². The molecule has 1 atom stereocenters. The van der Waals surface area contributed by atoms with E-state index in [9.17, 15) is 18.4 Å². The van der Waals surface area contributed by atoms with Gasteiger partial charge in [-0.15, -0.1) is 0 Å². The summed E-state index contributed by atoms with van der Waals surface area (Å²) in [6, 6.07) is 3.15. The van der Waals surface area contributed by atoms with Crippen LogP contribution in [0.15, 0.2) is 22.0 Å². The van der Waals surface area contributed by atoms with Gasteiger partial charge in [0.25, 0.3) is 0 Å². The molecule has 1 N–H and O–H groups in total. The van der Waals surface area contributed by atoms with Gasteiger partial charge in [-0.3, -0.25) is 9.59 Å². The van der Waals surface area contributed by atoms with Crippen molar-refractivity contribution in [2.75, 3.05) is 19.0 Å². The molecule has 1 aromatic carbocycles. The summed E-state index contributed by atoms with van der Waals surface area (Å²) < 4.78 is 37.6. The van der Waals surface area contributed by atoms with E-state index in [1.54, 1.807) is 13.8 Å². The van der Waals surface area contributed by atoms with Crippen LogP contribution in [0.5, 0.6) is 0 Å². The molecule has 0 radical (unpaired) electrons. The van der Waals surface area contributed by atoms with Crippen LogP contribution in [0.2, 0.25) is 0 Å². The van der Waals surface area contributed by atoms with Crippen molar-refractivity contribution in [2.24, 2.45) is 0 Å². The number of benzene rings is 1. The number of anilines is 2. The summed E-state index contributed by atoms with van der Waals surface area (Å²) in [5, 5.41) is 3.10. The topological polar surface area (TPSA) is 77.5 Å². The first-order valence-electron chi connectivity index (χ1n) is 8.90. The van der Waals surface area contributed by atoms with Gasteiger partial charge in [0.15, 0.2) is 5.13 Å². The van der Waals surface area contributed by atoms with Crippen LogP contribution in [-0.2, 0) is 24.5 Å². The minimum atomic E-state index is -1.18. The van der Waals surface area contributed by atoms with Crippen LogP contribution in [0.3, 0.4) is 0 Å². The molecule has 1 unspecified atom stereocenters. The number of nitrogens with one attached hydrogen (secondary N) is 1. The summed E-state index contributed by atoms with van der Waals surface area (Å²) in [4.78, 5) is 29.0. The highest BCUT2D eigenvalue weighted by Gasteiger charge is 2.44. The molecule has 29 heavy (non-hydrogen) atoms. The molecule has 0 amide bonds. The molecule has 1 heterocycles. The van der Waals surface area contributed by atoms with Crippen molar-refractivity contribution in [3.05, 3.63) is 39.3 Å². The molecule has 6 nitrogen and oxygen atoms in total. The Morgan fingerprint density at radius 3 is 2.62 bits per heavy atom. The summed E-state index contributed by atoms with van der Waals surface area (Å²) in [6.45, 7) is 3.66. The quantitative estimate of drug-likeness (QED) is 0.493. The largest absolute Gasteiger partial charge is 0.469 e. The van der Waals surface area contributed by atoms with Crippen LogP contribution in [0.25, 0.3) is 0 Å². The molecule has 0 bridgehead atoms. The Morgan fingerprint density at radius 1 is 1.31 bits per heavy atom. The first-order chi connectivity index (χ1) is 13.8. The number of methoxy groups -OCH3 is 1. The smallest absolute Gasteiger partial charge is 0.318 e. The zero-order valence-electron chi connectivity index (χ0n) is 16.2. The SMILES string of the molecule is CCOC(=O)C(CC)(CCC(=O)OC)c1nc(Nc2ccc(F)cc2F)sc1Br.